The van der Waals surface area contributed by atoms with Crippen LogP contribution in [0.5, 0.6) is 0 Å². The molecule has 0 aliphatic carbocycles. The van der Waals surface area contributed by atoms with E-state index in [1.165, 1.54) is 17.0 Å². The van der Waals surface area contributed by atoms with Crippen LogP contribution in [0.2, 0.25) is 0 Å². The topological polar surface area (TPSA) is 57.6 Å². The van der Waals surface area contributed by atoms with E-state index in [-0.39, 0.29) is 17.8 Å². The molecule has 31 heavy (non-hydrogen) atoms. The number of carbonyl (C=O) groups is 2. The van der Waals surface area contributed by atoms with Crippen molar-refractivity contribution in [2.75, 3.05) is 4.90 Å². The highest BCUT2D eigenvalue weighted by atomic mass is 19.1. The summed E-state index contributed by atoms with van der Waals surface area (Å²) in [5.74, 6) is -1.91. The van der Waals surface area contributed by atoms with Crippen LogP contribution in [0, 0.1) is 12.7 Å². The van der Waals surface area contributed by atoms with Gasteiger partial charge in [-0.05, 0) is 54.3 Å². The minimum Gasteiger partial charge on any atom is -0.503 e. The Bertz CT molecular complexity index is 1150. The highest BCUT2D eigenvalue weighted by Crippen LogP contribution is 2.41. The molecule has 156 valence electrons. The summed E-state index contributed by atoms with van der Waals surface area (Å²) in [4.78, 5) is 27.7. The maximum atomic E-state index is 13.6. The Morgan fingerprint density at radius 1 is 1.00 bits per heavy atom. The number of ketones is 1. The molecule has 0 saturated heterocycles. The van der Waals surface area contributed by atoms with Crippen LogP contribution in [0.3, 0.4) is 0 Å². The average molecular weight is 415 g/mol. The van der Waals surface area contributed by atoms with E-state index in [0.29, 0.717) is 17.7 Å². The van der Waals surface area contributed by atoms with Gasteiger partial charge in [0.05, 0.1) is 11.6 Å². The lowest BCUT2D eigenvalue weighted by Gasteiger charge is -2.27. The first-order chi connectivity index (χ1) is 15.0. The molecule has 0 fully saturated rings. The molecule has 1 aliphatic rings. The van der Waals surface area contributed by atoms with Gasteiger partial charge in [0.2, 0.25) is 0 Å². The average Bonchev–Trinajstić information content (AvgIpc) is 3.04. The second-order valence-corrected chi connectivity index (χ2v) is 7.64. The van der Waals surface area contributed by atoms with E-state index < -0.39 is 23.5 Å². The maximum Gasteiger partial charge on any atom is 0.294 e. The van der Waals surface area contributed by atoms with Crippen molar-refractivity contribution < 1.29 is 19.1 Å². The highest BCUT2D eigenvalue weighted by Gasteiger charge is 2.44. The van der Waals surface area contributed by atoms with Crippen LogP contribution in [0.4, 0.5) is 10.1 Å². The summed E-state index contributed by atoms with van der Waals surface area (Å²) in [6, 6.07) is 21.7. The molecule has 3 aromatic rings. The van der Waals surface area contributed by atoms with Gasteiger partial charge in [-0.3, -0.25) is 14.5 Å². The van der Waals surface area contributed by atoms with E-state index >= 15 is 0 Å². The normalized spacial score (nSPS) is 16.1. The lowest BCUT2D eigenvalue weighted by atomic mass is 9.93. The van der Waals surface area contributed by atoms with Crippen molar-refractivity contribution in [2.24, 2.45) is 0 Å². The second kappa shape index (κ2) is 8.56. The van der Waals surface area contributed by atoms with Crippen LogP contribution < -0.4 is 4.90 Å². The molecular formula is C26H22FNO3. The summed E-state index contributed by atoms with van der Waals surface area (Å²) in [6.07, 6.45) is 0.640. The zero-order valence-corrected chi connectivity index (χ0v) is 17.1. The molecule has 1 atom stereocenters. The van der Waals surface area contributed by atoms with Gasteiger partial charge >= 0.3 is 0 Å². The predicted molar refractivity (Wildman–Crippen MR) is 117 cm³/mol. The van der Waals surface area contributed by atoms with Crippen LogP contribution >= 0.6 is 0 Å². The summed E-state index contributed by atoms with van der Waals surface area (Å²) < 4.78 is 13.6. The third-order valence-corrected chi connectivity index (χ3v) is 5.46. The third kappa shape index (κ3) is 4.12. The summed E-state index contributed by atoms with van der Waals surface area (Å²) >= 11 is 0. The number of hydrogen-bond acceptors (Lipinski definition) is 3. The minimum absolute atomic E-state index is 0.0500. The van der Waals surface area contributed by atoms with Gasteiger partial charge in [0, 0.05) is 12.1 Å². The zero-order chi connectivity index (χ0) is 22.0. The number of halogens is 1. The van der Waals surface area contributed by atoms with Crippen LogP contribution in [0.1, 0.15) is 29.2 Å². The van der Waals surface area contributed by atoms with E-state index in [0.717, 1.165) is 11.1 Å². The van der Waals surface area contributed by atoms with Crippen molar-refractivity contribution >= 4 is 17.4 Å². The molecule has 4 nitrogen and oxygen atoms in total. The number of amides is 1. The number of nitrogens with zero attached hydrogens (tertiary/aromatic N) is 1. The van der Waals surface area contributed by atoms with Crippen molar-refractivity contribution in [1.29, 1.82) is 0 Å². The first-order valence-corrected chi connectivity index (χ1v) is 10.1. The minimum atomic E-state index is -0.821. The van der Waals surface area contributed by atoms with Gasteiger partial charge in [-0.15, -0.1) is 0 Å². The van der Waals surface area contributed by atoms with Gasteiger partial charge in [0.1, 0.15) is 5.82 Å². The van der Waals surface area contributed by atoms with Gasteiger partial charge in [-0.1, -0.05) is 54.6 Å². The summed E-state index contributed by atoms with van der Waals surface area (Å²) in [7, 11) is 0. The number of carbonyl (C=O) groups excluding carboxylic acids is 2. The summed E-state index contributed by atoms with van der Waals surface area (Å²) in [6.45, 7) is 1.90. The molecule has 0 bridgehead atoms. The SMILES string of the molecule is Cc1cccc(N2C(=O)C(O)=C(C(=O)CCc3ccccc3)C2c2ccc(F)cc2)c1. The molecule has 0 spiro atoms. The van der Waals surface area contributed by atoms with Crippen molar-refractivity contribution in [3.63, 3.8) is 0 Å². The lowest BCUT2D eigenvalue weighted by molar-refractivity contribution is -0.118. The number of aryl methyl sites for hydroxylation is 2. The molecule has 0 aromatic heterocycles. The molecule has 1 unspecified atom stereocenters. The Kier molecular flexibility index (Phi) is 5.67. The Morgan fingerprint density at radius 2 is 1.71 bits per heavy atom. The van der Waals surface area contributed by atoms with Crippen molar-refractivity contribution in [1.82, 2.24) is 0 Å². The quantitative estimate of drug-likeness (QED) is 0.599. The highest BCUT2D eigenvalue weighted by molar-refractivity contribution is 6.16. The lowest BCUT2D eigenvalue weighted by Crippen LogP contribution is -2.31. The molecule has 1 N–H and O–H groups in total. The Labute approximate surface area is 180 Å². The Balaban J connectivity index is 1.73. The third-order valence-electron chi connectivity index (χ3n) is 5.46. The second-order valence-electron chi connectivity index (χ2n) is 7.64. The molecule has 0 saturated carbocycles. The number of rotatable bonds is 6. The van der Waals surface area contributed by atoms with Gasteiger partial charge in [0.25, 0.3) is 5.91 Å². The van der Waals surface area contributed by atoms with E-state index in [4.69, 9.17) is 0 Å². The van der Waals surface area contributed by atoms with Crippen LogP contribution in [0.15, 0.2) is 90.2 Å². The van der Waals surface area contributed by atoms with Crippen molar-refractivity contribution in [2.45, 2.75) is 25.8 Å². The molecular weight excluding hydrogens is 393 g/mol. The van der Waals surface area contributed by atoms with Crippen LogP contribution in [-0.2, 0) is 16.0 Å². The number of hydrogen-bond donors (Lipinski definition) is 1. The van der Waals surface area contributed by atoms with Gasteiger partial charge < -0.3 is 5.11 Å². The van der Waals surface area contributed by atoms with Gasteiger partial charge in [-0.25, -0.2) is 4.39 Å². The molecule has 3 aromatic carbocycles. The van der Waals surface area contributed by atoms with E-state index in [1.807, 2.05) is 55.5 Å². The standard InChI is InChI=1S/C26H22FNO3/c1-17-6-5-9-21(16-17)28-24(19-11-13-20(27)14-12-19)23(25(30)26(28)31)22(29)15-10-18-7-3-2-4-8-18/h2-9,11-14,16,24,30H,10,15H2,1H3. The molecule has 1 heterocycles. The van der Waals surface area contributed by atoms with E-state index in [9.17, 15) is 19.1 Å². The Morgan fingerprint density at radius 3 is 2.39 bits per heavy atom. The fraction of sp³-hybridized carbons (Fsp3) is 0.154. The predicted octanol–water partition coefficient (Wildman–Crippen LogP) is 5.24. The number of Topliss-reactive ketones (excluding diaryl/α,β-unsaturated/α-hetero) is 1. The van der Waals surface area contributed by atoms with Gasteiger partial charge in [-0.2, -0.15) is 0 Å². The van der Waals surface area contributed by atoms with Gasteiger partial charge in [0.15, 0.2) is 11.5 Å². The van der Waals surface area contributed by atoms with Crippen LogP contribution in [0.25, 0.3) is 0 Å². The van der Waals surface area contributed by atoms with Crippen molar-refractivity contribution in [3.05, 3.63) is 113 Å². The fourth-order valence-electron chi connectivity index (χ4n) is 3.93. The number of anilines is 1. The summed E-state index contributed by atoms with van der Waals surface area (Å²) in [5.41, 5.74) is 3.11. The monoisotopic (exact) mass is 415 g/mol. The number of benzene rings is 3. The zero-order valence-electron chi connectivity index (χ0n) is 17.1. The molecule has 0 radical (unpaired) electrons. The number of aliphatic hydroxyl groups is 1. The number of aliphatic hydroxyl groups excluding tert-OH is 1. The molecule has 4 rings (SSSR count). The Hall–Kier alpha value is -3.73. The van der Waals surface area contributed by atoms with Crippen LogP contribution in [-0.4, -0.2) is 16.8 Å². The summed E-state index contributed by atoms with van der Waals surface area (Å²) in [5, 5.41) is 10.7. The van der Waals surface area contributed by atoms with E-state index in [1.54, 1.807) is 18.2 Å². The first kappa shape index (κ1) is 20.5. The largest absolute Gasteiger partial charge is 0.503 e. The molecule has 5 heteroatoms. The first-order valence-electron chi connectivity index (χ1n) is 10.1. The fourth-order valence-corrected chi connectivity index (χ4v) is 3.93. The maximum absolute atomic E-state index is 13.6. The molecule has 1 aliphatic heterocycles. The molecule has 1 amide bonds. The van der Waals surface area contributed by atoms with E-state index in [2.05, 4.69) is 0 Å². The van der Waals surface area contributed by atoms with Crippen molar-refractivity contribution in [3.8, 4) is 0 Å². The smallest absolute Gasteiger partial charge is 0.294 e.